The third-order valence-electron chi connectivity index (χ3n) is 4.97. The largest absolute Gasteiger partial charge is 0.309 e. The van der Waals surface area contributed by atoms with Crippen LogP contribution in [0, 0.1) is 18.3 Å². The first-order valence-corrected chi connectivity index (χ1v) is 10.1. The number of nitriles is 1. The summed E-state index contributed by atoms with van der Waals surface area (Å²) >= 11 is 5.90. The Hall–Kier alpha value is -3.76. The molecule has 0 radical (unpaired) electrons. The molecule has 3 aromatic heterocycles. The smallest absolute Gasteiger partial charge is 0.278 e. The van der Waals surface area contributed by atoms with Crippen LogP contribution < -0.4 is 11.0 Å². The lowest BCUT2D eigenvalue weighted by molar-refractivity contribution is 0.0997. The molecule has 4 aromatic rings. The van der Waals surface area contributed by atoms with Crippen molar-refractivity contribution in [1.82, 2.24) is 14.0 Å². The second-order valence-electron chi connectivity index (χ2n) is 7.11. The Morgan fingerprint density at radius 1 is 1.23 bits per heavy atom. The van der Waals surface area contributed by atoms with Crippen molar-refractivity contribution in [1.29, 1.82) is 5.26 Å². The van der Waals surface area contributed by atoms with E-state index in [4.69, 9.17) is 16.6 Å². The van der Waals surface area contributed by atoms with Crippen LogP contribution in [0.15, 0.2) is 58.4 Å². The zero-order valence-corrected chi connectivity index (χ0v) is 17.7. The number of halogens is 1. The lowest BCUT2D eigenvalue weighted by Crippen LogP contribution is -2.29. The molecular weight excluding hydrogens is 414 g/mol. The Bertz CT molecular complexity index is 1510. The fourth-order valence-electron chi connectivity index (χ4n) is 3.48. The molecule has 4 rings (SSSR count). The summed E-state index contributed by atoms with van der Waals surface area (Å²) in [7, 11) is 0. The van der Waals surface area contributed by atoms with Gasteiger partial charge in [-0.15, -0.1) is 0 Å². The second kappa shape index (κ2) is 8.17. The molecule has 0 saturated carbocycles. The number of aromatic nitrogens is 3. The fraction of sp³-hybridized carbons (Fsp3) is 0.174. The van der Waals surface area contributed by atoms with E-state index in [0.717, 1.165) is 5.56 Å². The van der Waals surface area contributed by atoms with Crippen LogP contribution in [-0.4, -0.2) is 19.9 Å². The Morgan fingerprint density at radius 2 is 1.97 bits per heavy atom. The molecule has 1 amide bonds. The van der Waals surface area contributed by atoms with Gasteiger partial charge >= 0.3 is 0 Å². The number of rotatable bonds is 3. The second-order valence-corrected chi connectivity index (χ2v) is 7.54. The van der Waals surface area contributed by atoms with Gasteiger partial charge in [-0.2, -0.15) is 10.3 Å². The number of amides is 1. The first-order chi connectivity index (χ1) is 14.9. The van der Waals surface area contributed by atoms with E-state index in [1.165, 1.54) is 10.5 Å². The summed E-state index contributed by atoms with van der Waals surface area (Å²) in [6, 6.07) is 13.5. The van der Waals surface area contributed by atoms with Gasteiger partial charge < -0.3 is 4.57 Å². The number of aryl methyl sites for hydroxylation is 2. The number of fused-ring (bicyclic) bond motifs is 2. The van der Waals surface area contributed by atoms with Crippen LogP contribution in [0.1, 0.15) is 34.8 Å². The lowest BCUT2D eigenvalue weighted by Gasteiger charge is -2.13. The van der Waals surface area contributed by atoms with E-state index in [1.54, 1.807) is 41.1 Å². The highest BCUT2D eigenvalue weighted by Gasteiger charge is 2.15. The van der Waals surface area contributed by atoms with Crippen LogP contribution in [0.25, 0.3) is 16.7 Å². The fourth-order valence-corrected chi connectivity index (χ4v) is 3.60. The molecule has 154 valence electrons. The van der Waals surface area contributed by atoms with Gasteiger partial charge in [-0.05, 0) is 55.3 Å². The molecule has 1 aromatic carbocycles. The number of carbonyl (C=O) groups is 1. The minimum atomic E-state index is -0.508. The highest BCUT2D eigenvalue weighted by molar-refractivity contribution is 6.30. The quantitative estimate of drug-likeness (QED) is 0.463. The van der Waals surface area contributed by atoms with Crippen LogP contribution in [0.2, 0.25) is 5.02 Å². The lowest BCUT2D eigenvalue weighted by atomic mass is 10.2. The van der Waals surface area contributed by atoms with Gasteiger partial charge in [0.2, 0.25) is 0 Å². The molecule has 0 bridgehead atoms. The van der Waals surface area contributed by atoms with E-state index in [1.807, 2.05) is 19.9 Å². The van der Waals surface area contributed by atoms with Crippen molar-refractivity contribution >= 4 is 34.2 Å². The molecule has 8 heteroatoms. The van der Waals surface area contributed by atoms with Gasteiger partial charge in [0.25, 0.3) is 11.5 Å². The molecule has 3 heterocycles. The molecule has 0 atom stereocenters. The average molecular weight is 432 g/mol. The number of hydrogen-bond donors (Lipinski definition) is 0. The normalized spacial score (nSPS) is 11.7. The molecule has 7 nitrogen and oxygen atoms in total. The van der Waals surface area contributed by atoms with Crippen LogP contribution in [0.4, 0.5) is 0 Å². The number of pyridine rings is 2. The van der Waals surface area contributed by atoms with Crippen LogP contribution >= 0.6 is 11.6 Å². The van der Waals surface area contributed by atoms with Crippen molar-refractivity contribution in [3.05, 3.63) is 86.2 Å². The van der Waals surface area contributed by atoms with E-state index >= 15 is 0 Å². The van der Waals surface area contributed by atoms with Crippen molar-refractivity contribution in [3.63, 3.8) is 0 Å². The Kier molecular flexibility index (Phi) is 5.40. The topological polar surface area (TPSA) is 92.5 Å². The highest BCUT2D eigenvalue weighted by atomic mass is 35.5. The Morgan fingerprint density at radius 3 is 2.65 bits per heavy atom. The summed E-state index contributed by atoms with van der Waals surface area (Å²) in [5, 5.41) is 10.6. The molecule has 31 heavy (non-hydrogen) atoms. The molecule has 0 aliphatic heterocycles. The molecule has 0 aliphatic rings. The van der Waals surface area contributed by atoms with E-state index < -0.39 is 5.91 Å². The summed E-state index contributed by atoms with van der Waals surface area (Å²) in [5.41, 5.74) is 2.13. The zero-order valence-electron chi connectivity index (χ0n) is 17.0. The predicted molar refractivity (Wildman–Crippen MR) is 118 cm³/mol. The van der Waals surface area contributed by atoms with Gasteiger partial charge in [-0.1, -0.05) is 24.6 Å². The molecular formula is C23H18ClN5O2. The summed E-state index contributed by atoms with van der Waals surface area (Å²) < 4.78 is 3.14. The molecule has 0 aliphatic carbocycles. The standard InChI is InChI=1S/C23H18ClN5O2/c1-3-10-28-20(27-22(30)15-6-8-17(24)9-7-15)16(13-25)12-18-21(28)26-19-14(2)5-4-11-29(19)23(18)31/h4-9,11-12H,3,10H2,1-2H3. The maximum Gasteiger partial charge on any atom is 0.278 e. The number of hydrogen-bond acceptors (Lipinski definition) is 4. The minimum Gasteiger partial charge on any atom is -0.309 e. The monoisotopic (exact) mass is 431 g/mol. The predicted octanol–water partition coefficient (Wildman–Crippen LogP) is 3.63. The number of carbonyl (C=O) groups excluding carboxylic acids is 1. The third-order valence-corrected chi connectivity index (χ3v) is 5.22. The summed E-state index contributed by atoms with van der Waals surface area (Å²) in [4.78, 5) is 34.9. The van der Waals surface area contributed by atoms with Crippen molar-refractivity contribution in [2.45, 2.75) is 26.8 Å². The molecule has 0 unspecified atom stereocenters. The van der Waals surface area contributed by atoms with E-state index in [9.17, 15) is 14.9 Å². The SMILES string of the molecule is CCCn1c(=NC(=O)c2ccc(Cl)cc2)c(C#N)cc2c(=O)n3cccc(C)c3nc21. The number of nitrogens with zero attached hydrogens (tertiary/aromatic N) is 5. The van der Waals surface area contributed by atoms with Crippen LogP contribution in [0.3, 0.4) is 0 Å². The van der Waals surface area contributed by atoms with E-state index in [2.05, 4.69) is 11.1 Å². The zero-order chi connectivity index (χ0) is 22.1. The van der Waals surface area contributed by atoms with Crippen LogP contribution in [0.5, 0.6) is 0 Å². The van der Waals surface area contributed by atoms with Gasteiger partial charge in [0.05, 0.1) is 10.9 Å². The summed E-state index contributed by atoms with van der Waals surface area (Å²) in [5.74, 6) is -0.508. The van der Waals surface area contributed by atoms with Gasteiger partial charge in [0.1, 0.15) is 17.4 Å². The summed E-state index contributed by atoms with van der Waals surface area (Å²) in [6.45, 7) is 4.27. The van der Waals surface area contributed by atoms with Crippen molar-refractivity contribution in [2.75, 3.05) is 0 Å². The van der Waals surface area contributed by atoms with Crippen molar-refractivity contribution in [3.8, 4) is 6.07 Å². The molecule has 0 N–H and O–H groups in total. The van der Waals surface area contributed by atoms with Gasteiger partial charge in [0.15, 0.2) is 5.49 Å². The average Bonchev–Trinajstić information content (AvgIpc) is 2.76. The Labute approximate surface area is 182 Å². The first-order valence-electron chi connectivity index (χ1n) is 9.75. The van der Waals surface area contributed by atoms with Crippen molar-refractivity contribution in [2.24, 2.45) is 4.99 Å². The molecule has 0 fully saturated rings. The molecule has 0 saturated heterocycles. The van der Waals surface area contributed by atoms with E-state index in [0.29, 0.717) is 40.2 Å². The third kappa shape index (κ3) is 3.62. The Balaban J connectivity index is 2.10. The maximum atomic E-state index is 13.1. The minimum absolute atomic E-state index is 0.134. The summed E-state index contributed by atoms with van der Waals surface area (Å²) in [6.07, 6.45) is 2.34. The van der Waals surface area contributed by atoms with Crippen molar-refractivity contribution < 1.29 is 4.79 Å². The molecule has 0 spiro atoms. The van der Waals surface area contributed by atoms with Gasteiger partial charge in [-0.25, -0.2) is 4.98 Å². The first kappa shape index (κ1) is 20.5. The van der Waals surface area contributed by atoms with Gasteiger partial charge in [-0.3, -0.25) is 14.0 Å². The van der Waals surface area contributed by atoms with Gasteiger partial charge in [0, 0.05) is 23.3 Å². The maximum absolute atomic E-state index is 13.1. The van der Waals surface area contributed by atoms with E-state index in [-0.39, 0.29) is 16.6 Å². The number of benzene rings is 1. The highest BCUT2D eigenvalue weighted by Crippen LogP contribution is 2.14. The van der Waals surface area contributed by atoms with Crippen LogP contribution in [-0.2, 0) is 6.54 Å².